The Kier molecular flexibility index (Phi) is 5.86. The Morgan fingerprint density at radius 3 is 2.37 bits per heavy atom. The van der Waals surface area contributed by atoms with Crippen LogP contribution in [-0.2, 0) is 16.0 Å². The van der Waals surface area contributed by atoms with Crippen molar-refractivity contribution in [2.45, 2.75) is 6.42 Å². The molecule has 0 radical (unpaired) electrons. The standard InChI is InChI=1S/C13H13Cl2NO3/c1-2-6-16(8-13(18)19)12(17)7-9-10(14)4-3-5-11(9)15/h2-5H,1,6-8H2,(H,18,19). The van der Waals surface area contributed by atoms with Crippen molar-refractivity contribution in [3.05, 3.63) is 46.5 Å². The first-order chi connectivity index (χ1) is 8.95. The Morgan fingerprint density at radius 2 is 1.89 bits per heavy atom. The Bertz CT molecular complexity index is 482. The SMILES string of the molecule is C=CCN(CC(=O)O)C(=O)Cc1c(Cl)cccc1Cl. The lowest BCUT2D eigenvalue weighted by Gasteiger charge is -2.19. The summed E-state index contributed by atoms with van der Waals surface area (Å²) in [6.45, 7) is 3.27. The van der Waals surface area contributed by atoms with E-state index in [9.17, 15) is 9.59 Å². The fourth-order valence-electron chi connectivity index (χ4n) is 1.54. The van der Waals surface area contributed by atoms with Gasteiger partial charge in [0.05, 0.1) is 6.42 Å². The highest BCUT2D eigenvalue weighted by Gasteiger charge is 2.18. The van der Waals surface area contributed by atoms with Crippen LogP contribution in [0.3, 0.4) is 0 Å². The van der Waals surface area contributed by atoms with Crippen LogP contribution in [0.1, 0.15) is 5.56 Å². The maximum absolute atomic E-state index is 12.0. The first-order valence-electron chi connectivity index (χ1n) is 5.49. The second-order valence-corrected chi connectivity index (χ2v) is 4.65. The van der Waals surface area contributed by atoms with E-state index in [2.05, 4.69) is 6.58 Å². The van der Waals surface area contributed by atoms with Crippen molar-refractivity contribution in [3.8, 4) is 0 Å². The van der Waals surface area contributed by atoms with Crippen molar-refractivity contribution in [3.63, 3.8) is 0 Å². The molecule has 1 rings (SSSR count). The molecule has 0 bridgehead atoms. The van der Waals surface area contributed by atoms with Gasteiger partial charge in [-0.05, 0) is 17.7 Å². The van der Waals surface area contributed by atoms with Gasteiger partial charge < -0.3 is 10.0 Å². The van der Waals surface area contributed by atoms with Crippen LogP contribution < -0.4 is 0 Å². The average molecular weight is 302 g/mol. The minimum atomic E-state index is -1.08. The monoisotopic (exact) mass is 301 g/mol. The summed E-state index contributed by atoms with van der Waals surface area (Å²) in [6.07, 6.45) is 1.43. The minimum absolute atomic E-state index is 0.0420. The summed E-state index contributed by atoms with van der Waals surface area (Å²) < 4.78 is 0. The van der Waals surface area contributed by atoms with Crippen LogP contribution in [0.5, 0.6) is 0 Å². The normalized spacial score (nSPS) is 10.0. The van der Waals surface area contributed by atoms with Crippen molar-refractivity contribution in [2.75, 3.05) is 13.1 Å². The molecule has 0 saturated carbocycles. The summed E-state index contributed by atoms with van der Waals surface area (Å²) in [4.78, 5) is 23.9. The lowest BCUT2D eigenvalue weighted by molar-refractivity contribution is -0.143. The number of carbonyl (C=O) groups is 2. The molecule has 102 valence electrons. The Morgan fingerprint density at radius 1 is 1.32 bits per heavy atom. The summed E-state index contributed by atoms with van der Waals surface area (Å²) in [7, 11) is 0. The number of rotatable bonds is 6. The summed E-state index contributed by atoms with van der Waals surface area (Å²) in [6, 6.07) is 4.94. The molecule has 0 atom stereocenters. The maximum atomic E-state index is 12.0. The molecule has 0 aromatic heterocycles. The fraction of sp³-hybridized carbons (Fsp3) is 0.231. The lowest BCUT2D eigenvalue weighted by atomic mass is 10.1. The van der Waals surface area contributed by atoms with Gasteiger partial charge in [0.1, 0.15) is 6.54 Å². The molecule has 0 saturated heterocycles. The summed E-state index contributed by atoms with van der Waals surface area (Å²) in [5.41, 5.74) is 0.496. The Hall–Kier alpha value is -1.52. The zero-order valence-corrected chi connectivity index (χ0v) is 11.6. The van der Waals surface area contributed by atoms with E-state index in [-0.39, 0.29) is 25.4 Å². The molecule has 1 N–H and O–H groups in total. The first-order valence-corrected chi connectivity index (χ1v) is 6.24. The molecule has 4 nitrogen and oxygen atoms in total. The van der Waals surface area contributed by atoms with Gasteiger partial charge in [0, 0.05) is 16.6 Å². The zero-order chi connectivity index (χ0) is 14.4. The average Bonchev–Trinajstić information content (AvgIpc) is 2.32. The molecule has 1 amide bonds. The second-order valence-electron chi connectivity index (χ2n) is 3.83. The summed E-state index contributed by atoms with van der Waals surface area (Å²) in [5.74, 6) is -1.45. The van der Waals surface area contributed by atoms with Crippen molar-refractivity contribution < 1.29 is 14.7 Å². The highest BCUT2D eigenvalue weighted by atomic mass is 35.5. The third-order valence-corrected chi connectivity index (χ3v) is 3.13. The molecule has 0 heterocycles. The number of aliphatic carboxylic acids is 1. The van der Waals surface area contributed by atoms with Crippen LogP contribution in [0.4, 0.5) is 0 Å². The molecular weight excluding hydrogens is 289 g/mol. The minimum Gasteiger partial charge on any atom is -0.480 e. The number of nitrogens with zero attached hydrogens (tertiary/aromatic N) is 1. The molecule has 0 spiro atoms. The van der Waals surface area contributed by atoms with Crippen molar-refractivity contribution in [1.82, 2.24) is 4.90 Å². The van der Waals surface area contributed by atoms with Gasteiger partial charge in [-0.2, -0.15) is 0 Å². The molecule has 0 aliphatic heterocycles. The van der Waals surface area contributed by atoms with E-state index in [0.29, 0.717) is 15.6 Å². The summed E-state index contributed by atoms with van der Waals surface area (Å²) >= 11 is 11.9. The van der Waals surface area contributed by atoms with E-state index in [1.165, 1.54) is 11.0 Å². The number of benzene rings is 1. The van der Waals surface area contributed by atoms with Crippen LogP contribution in [0, 0.1) is 0 Å². The van der Waals surface area contributed by atoms with Gasteiger partial charge in [0.2, 0.25) is 5.91 Å². The van der Waals surface area contributed by atoms with E-state index in [1.807, 2.05) is 0 Å². The quantitative estimate of drug-likeness (QED) is 0.822. The number of amides is 1. The predicted octanol–water partition coefficient (Wildman–Crippen LogP) is 2.64. The zero-order valence-electron chi connectivity index (χ0n) is 10.1. The van der Waals surface area contributed by atoms with Crippen LogP contribution in [0.2, 0.25) is 10.0 Å². The second kappa shape index (κ2) is 7.16. The highest BCUT2D eigenvalue weighted by Crippen LogP contribution is 2.25. The van der Waals surface area contributed by atoms with Gasteiger partial charge in [-0.3, -0.25) is 9.59 Å². The maximum Gasteiger partial charge on any atom is 0.323 e. The van der Waals surface area contributed by atoms with Gasteiger partial charge in [-0.25, -0.2) is 0 Å². The Labute approximate surface area is 121 Å². The number of carboxylic acids is 1. The van der Waals surface area contributed by atoms with Crippen LogP contribution in [0.15, 0.2) is 30.9 Å². The smallest absolute Gasteiger partial charge is 0.323 e. The van der Waals surface area contributed by atoms with Gasteiger partial charge in [0.15, 0.2) is 0 Å². The van der Waals surface area contributed by atoms with Crippen LogP contribution in [-0.4, -0.2) is 35.0 Å². The lowest BCUT2D eigenvalue weighted by Crippen LogP contribution is -2.36. The number of hydrogen-bond donors (Lipinski definition) is 1. The highest BCUT2D eigenvalue weighted by molar-refractivity contribution is 6.36. The van der Waals surface area contributed by atoms with Crippen LogP contribution >= 0.6 is 23.2 Å². The molecule has 0 aliphatic rings. The number of halogens is 2. The van der Waals surface area contributed by atoms with Gasteiger partial charge in [0.25, 0.3) is 0 Å². The van der Waals surface area contributed by atoms with E-state index in [4.69, 9.17) is 28.3 Å². The largest absolute Gasteiger partial charge is 0.480 e. The summed E-state index contributed by atoms with van der Waals surface area (Å²) in [5, 5.41) is 9.52. The van der Waals surface area contributed by atoms with E-state index < -0.39 is 5.97 Å². The van der Waals surface area contributed by atoms with Gasteiger partial charge in [-0.15, -0.1) is 6.58 Å². The molecule has 6 heteroatoms. The Balaban J connectivity index is 2.86. The third kappa shape index (κ3) is 4.58. The molecule has 0 unspecified atom stereocenters. The fourth-order valence-corrected chi connectivity index (χ4v) is 2.07. The van der Waals surface area contributed by atoms with E-state index >= 15 is 0 Å². The van der Waals surface area contributed by atoms with Crippen molar-refractivity contribution in [1.29, 1.82) is 0 Å². The topological polar surface area (TPSA) is 57.6 Å². The molecule has 1 aromatic rings. The van der Waals surface area contributed by atoms with Gasteiger partial charge in [-0.1, -0.05) is 35.3 Å². The van der Waals surface area contributed by atoms with Crippen molar-refractivity contribution >= 4 is 35.1 Å². The molecule has 1 aromatic carbocycles. The first kappa shape index (κ1) is 15.5. The number of carbonyl (C=O) groups excluding carboxylic acids is 1. The van der Waals surface area contributed by atoms with Crippen LogP contribution in [0.25, 0.3) is 0 Å². The van der Waals surface area contributed by atoms with Crippen molar-refractivity contribution in [2.24, 2.45) is 0 Å². The molecule has 19 heavy (non-hydrogen) atoms. The van der Waals surface area contributed by atoms with E-state index in [0.717, 1.165) is 0 Å². The predicted molar refractivity (Wildman–Crippen MR) is 74.6 cm³/mol. The molecular formula is C13H13Cl2NO3. The third-order valence-electron chi connectivity index (χ3n) is 2.42. The molecule has 0 fully saturated rings. The van der Waals surface area contributed by atoms with E-state index in [1.54, 1.807) is 18.2 Å². The molecule has 0 aliphatic carbocycles. The number of hydrogen-bond acceptors (Lipinski definition) is 2. The van der Waals surface area contributed by atoms with Gasteiger partial charge >= 0.3 is 5.97 Å². The number of carboxylic acid groups (broad SMARTS) is 1.